The zero-order chi connectivity index (χ0) is 22.5. The number of carbonyl (C=O) groups excluding carboxylic acids is 2. The summed E-state index contributed by atoms with van der Waals surface area (Å²) in [6.45, 7) is 5.87. The van der Waals surface area contributed by atoms with Crippen LogP contribution in [0.2, 0.25) is 0 Å². The summed E-state index contributed by atoms with van der Waals surface area (Å²) in [4.78, 5) is 25.9. The van der Waals surface area contributed by atoms with E-state index in [1.807, 2.05) is 0 Å². The molecule has 2 rings (SSSR count). The van der Waals surface area contributed by atoms with Crippen molar-refractivity contribution in [3.05, 3.63) is 35.4 Å². The molecule has 0 saturated carbocycles. The minimum absolute atomic E-state index is 0.0866. The third-order valence-electron chi connectivity index (χ3n) is 4.87. The Labute approximate surface area is 175 Å². The molecule has 1 atom stereocenters. The van der Waals surface area contributed by atoms with Gasteiger partial charge in [-0.25, -0.2) is 13.6 Å². The molecular weight excluding hydrogens is 398 g/mol. The first-order chi connectivity index (χ1) is 13.9. The summed E-state index contributed by atoms with van der Waals surface area (Å²) >= 11 is 0. The monoisotopic (exact) mass is 428 g/mol. The van der Waals surface area contributed by atoms with Gasteiger partial charge < -0.3 is 25.2 Å². The number of nitrogens with zero attached hydrogens (tertiary/aromatic N) is 1. The molecule has 3 N–H and O–H groups in total. The molecule has 0 unspecified atom stereocenters. The quantitative estimate of drug-likeness (QED) is 0.605. The highest BCUT2D eigenvalue weighted by atomic mass is 19.1. The molecule has 0 radical (unpaired) electrons. The lowest BCUT2D eigenvalue weighted by atomic mass is 9.90. The molecule has 2 amide bonds. The highest BCUT2D eigenvalue weighted by Gasteiger charge is 2.41. The third-order valence-corrected chi connectivity index (χ3v) is 4.87. The predicted molar refractivity (Wildman–Crippen MR) is 106 cm³/mol. The van der Waals surface area contributed by atoms with E-state index in [-0.39, 0.29) is 44.5 Å². The summed E-state index contributed by atoms with van der Waals surface area (Å²) in [5, 5.41) is 23.3. The molecule has 30 heavy (non-hydrogen) atoms. The average Bonchev–Trinajstić information content (AvgIpc) is 2.63. The number of amides is 2. The molecule has 0 spiro atoms. The number of ether oxygens (including phenoxy) is 1. The molecule has 0 bridgehead atoms. The molecule has 1 aliphatic heterocycles. The number of halogens is 2. The Kier molecular flexibility index (Phi) is 7.76. The number of benzene rings is 1. The van der Waals surface area contributed by atoms with Gasteiger partial charge in [-0.2, -0.15) is 0 Å². The van der Waals surface area contributed by atoms with Gasteiger partial charge in [0.25, 0.3) is 5.91 Å². The van der Waals surface area contributed by atoms with Gasteiger partial charge in [0.15, 0.2) is 0 Å². The number of hydrogen-bond donors (Lipinski definition) is 3. The zero-order valence-corrected chi connectivity index (χ0v) is 17.6. The van der Waals surface area contributed by atoms with Crippen molar-refractivity contribution in [3.8, 4) is 0 Å². The van der Waals surface area contributed by atoms with Crippen molar-refractivity contribution < 1.29 is 33.3 Å². The number of aliphatic hydroxyl groups is 2. The molecule has 168 valence electrons. The summed E-state index contributed by atoms with van der Waals surface area (Å²) in [7, 11) is 0. The first kappa shape index (κ1) is 24.0. The maximum Gasteiger partial charge on any atom is 0.410 e. The van der Waals surface area contributed by atoms with Gasteiger partial charge in [-0.3, -0.25) is 4.79 Å². The zero-order valence-electron chi connectivity index (χ0n) is 17.6. The molecule has 1 aromatic carbocycles. The van der Waals surface area contributed by atoms with Crippen LogP contribution in [0.5, 0.6) is 0 Å². The highest BCUT2D eigenvalue weighted by molar-refractivity contribution is 5.85. The van der Waals surface area contributed by atoms with Gasteiger partial charge in [-0.1, -0.05) is 0 Å². The van der Waals surface area contributed by atoms with E-state index in [1.54, 1.807) is 20.8 Å². The molecule has 1 fully saturated rings. The largest absolute Gasteiger partial charge is 0.444 e. The van der Waals surface area contributed by atoms with Crippen molar-refractivity contribution >= 4 is 12.0 Å². The summed E-state index contributed by atoms with van der Waals surface area (Å²) in [6.07, 6.45) is -0.828. The van der Waals surface area contributed by atoms with Crippen molar-refractivity contribution in [2.45, 2.75) is 63.8 Å². The van der Waals surface area contributed by atoms with Gasteiger partial charge in [0.05, 0.1) is 6.10 Å². The number of hydrogen-bond acceptors (Lipinski definition) is 5. The van der Waals surface area contributed by atoms with E-state index in [2.05, 4.69) is 5.32 Å². The SMILES string of the molecule is CC(C)(C)OC(=O)N1CCC(O)(C(=O)NCCC[C@H](O)c2cc(F)cc(F)c2)CC1. The Balaban J connectivity index is 1.75. The van der Waals surface area contributed by atoms with Crippen LogP contribution < -0.4 is 5.32 Å². The fourth-order valence-corrected chi connectivity index (χ4v) is 3.21. The second-order valence-corrected chi connectivity index (χ2v) is 8.62. The molecule has 1 aromatic rings. The van der Waals surface area contributed by atoms with E-state index in [1.165, 1.54) is 4.90 Å². The number of rotatable bonds is 6. The Hall–Kier alpha value is -2.26. The molecule has 0 aliphatic carbocycles. The maximum absolute atomic E-state index is 13.2. The lowest BCUT2D eigenvalue weighted by Crippen LogP contribution is -2.55. The predicted octanol–water partition coefficient (Wildman–Crippen LogP) is 2.66. The van der Waals surface area contributed by atoms with E-state index in [0.29, 0.717) is 6.42 Å². The fourth-order valence-electron chi connectivity index (χ4n) is 3.21. The van der Waals surface area contributed by atoms with Crippen LogP contribution in [0.4, 0.5) is 13.6 Å². The fraction of sp³-hybridized carbons (Fsp3) is 0.619. The van der Waals surface area contributed by atoms with E-state index in [4.69, 9.17) is 4.74 Å². The van der Waals surface area contributed by atoms with Gasteiger partial charge in [0.1, 0.15) is 22.8 Å². The number of aliphatic hydroxyl groups excluding tert-OH is 1. The average molecular weight is 428 g/mol. The van der Waals surface area contributed by atoms with Gasteiger partial charge in [0.2, 0.25) is 0 Å². The van der Waals surface area contributed by atoms with Crippen molar-refractivity contribution in [2.24, 2.45) is 0 Å². The van der Waals surface area contributed by atoms with Crippen LogP contribution in [0.1, 0.15) is 58.1 Å². The highest BCUT2D eigenvalue weighted by Crippen LogP contribution is 2.24. The first-order valence-corrected chi connectivity index (χ1v) is 10.0. The molecule has 1 heterocycles. The molecule has 9 heteroatoms. The Morgan fingerprint density at radius 3 is 2.30 bits per heavy atom. The lowest BCUT2D eigenvalue weighted by molar-refractivity contribution is -0.144. The first-order valence-electron chi connectivity index (χ1n) is 10.0. The summed E-state index contributed by atoms with van der Waals surface area (Å²) < 4.78 is 31.7. The van der Waals surface area contributed by atoms with Crippen molar-refractivity contribution in [3.63, 3.8) is 0 Å². The van der Waals surface area contributed by atoms with E-state index in [0.717, 1.165) is 18.2 Å². The van der Waals surface area contributed by atoms with Gasteiger partial charge in [-0.05, 0) is 51.3 Å². The topological polar surface area (TPSA) is 99.1 Å². The Morgan fingerprint density at radius 1 is 1.20 bits per heavy atom. The lowest BCUT2D eigenvalue weighted by Gasteiger charge is -2.37. The minimum Gasteiger partial charge on any atom is -0.444 e. The maximum atomic E-state index is 13.2. The molecule has 1 saturated heterocycles. The molecule has 7 nitrogen and oxygen atoms in total. The number of carbonyl (C=O) groups is 2. The Morgan fingerprint density at radius 2 is 1.77 bits per heavy atom. The smallest absolute Gasteiger partial charge is 0.410 e. The van der Waals surface area contributed by atoms with Crippen LogP contribution >= 0.6 is 0 Å². The number of likely N-dealkylation sites (tertiary alicyclic amines) is 1. The van der Waals surface area contributed by atoms with Crippen LogP contribution in [-0.4, -0.2) is 57.9 Å². The summed E-state index contributed by atoms with van der Waals surface area (Å²) in [5.74, 6) is -2.08. The van der Waals surface area contributed by atoms with Crippen molar-refractivity contribution in [1.82, 2.24) is 10.2 Å². The van der Waals surface area contributed by atoms with Gasteiger partial charge in [0, 0.05) is 38.5 Å². The van der Waals surface area contributed by atoms with Crippen molar-refractivity contribution in [2.75, 3.05) is 19.6 Å². The van der Waals surface area contributed by atoms with Crippen LogP contribution in [0, 0.1) is 11.6 Å². The Bertz CT molecular complexity index is 738. The second kappa shape index (κ2) is 9.70. The third kappa shape index (κ3) is 6.91. The van der Waals surface area contributed by atoms with Crippen LogP contribution in [0.15, 0.2) is 18.2 Å². The number of piperidine rings is 1. The van der Waals surface area contributed by atoms with Gasteiger partial charge >= 0.3 is 6.09 Å². The van der Waals surface area contributed by atoms with Gasteiger partial charge in [-0.15, -0.1) is 0 Å². The van der Waals surface area contributed by atoms with Crippen molar-refractivity contribution in [1.29, 1.82) is 0 Å². The second-order valence-electron chi connectivity index (χ2n) is 8.62. The van der Waals surface area contributed by atoms with E-state index < -0.39 is 40.9 Å². The van der Waals surface area contributed by atoms with E-state index >= 15 is 0 Å². The minimum atomic E-state index is -1.58. The summed E-state index contributed by atoms with van der Waals surface area (Å²) in [6, 6.07) is 2.85. The van der Waals surface area contributed by atoms with Crippen LogP contribution in [0.3, 0.4) is 0 Å². The molecule has 0 aromatic heterocycles. The van der Waals surface area contributed by atoms with Crippen LogP contribution in [0.25, 0.3) is 0 Å². The molecule has 1 aliphatic rings. The van der Waals surface area contributed by atoms with Crippen LogP contribution in [-0.2, 0) is 9.53 Å². The number of nitrogens with one attached hydrogen (secondary N) is 1. The standard InChI is InChI=1S/C21H30F2N2O5/c1-20(2,3)30-19(28)25-9-6-21(29,7-10-25)18(27)24-8-4-5-17(26)14-11-15(22)13-16(23)12-14/h11-13,17,26,29H,4-10H2,1-3H3,(H,24,27)/t17-/m0/s1. The molecular formula is C21H30F2N2O5. The normalized spacial score (nSPS) is 17.4. The summed E-state index contributed by atoms with van der Waals surface area (Å²) in [5.41, 5.74) is -2.07. The van der Waals surface area contributed by atoms with E-state index in [9.17, 15) is 28.6 Å².